The van der Waals surface area contributed by atoms with Crippen molar-refractivity contribution in [3.8, 4) is 5.69 Å². The van der Waals surface area contributed by atoms with Gasteiger partial charge in [0.1, 0.15) is 0 Å². The maximum Gasteiger partial charge on any atom is 0.311 e. The number of pyridine rings is 1. The molecule has 1 heterocycles. The normalized spacial score (nSPS) is 12.0. The molecule has 1 aromatic heterocycles. The highest BCUT2D eigenvalue weighted by Crippen LogP contribution is 2.26. The predicted octanol–water partition coefficient (Wildman–Crippen LogP) is 9.17. The topological polar surface area (TPSA) is 41.2 Å². The zero-order chi connectivity index (χ0) is 25.0. The minimum absolute atomic E-state index is 0.449. The molecule has 3 heteroatoms. The fourth-order valence-corrected chi connectivity index (χ4v) is 5.06. The van der Waals surface area contributed by atoms with Crippen LogP contribution in [0.5, 0.6) is 0 Å². The minimum atomic E-state index is -0.717. The van der Waals surface area contributed by atoms with Gasteiger partial charge in [0, 0.05) is 23.8 Å². The number of hydrogen-bond donors (Lipinski definition) is 1. The molecule has 3 nitrogen and oxygen atoms in total. The summed E-state index contributed by atoms with van der Waals surface area (Å²) >= 11 is 0. The molecule has 1 atom stereocenters. The summed E-state index contributed by atoms with van der Waals surface area (Å²) in [5.74, 6) is -1.17. The molecule has 35 heavy (non-hydrogen) atoms. The average molecular weight is 481 g/mol. The molecule has 2 aromatic rings. The Balaban J connectivity index is 1.53. The van der Waals surface area contributed by atoms with Crippen molar-refractivity contribution in [2.45, 2.75) is 128 Å². The number of carboxylic acids is 1. The van der Waals surface area contributed by atoms with E-state index in [-0.39, 0.29) is 0 Å². The van der Waals surface area contributed by atoms with E-state index in [1.54, 1.807) is 0 Å². The van der Waals surface area contributed by atoms with E-state index >= 15 is 0 Å². The number of unbranched alkanes of at least 4 members (excludes halogenated alkanes) is 16. The van der Waals surface area contributed by atoms with Crippen LogP contribution in [0.1, 0.15) is 134 Å². The summed E-state index contributed by atoms with van der Waals surface area (Å²) in [6, 6.07) is 13.8. The molecule has 0 bridgehead atoms. The summed E-state index contributed by atoms with van der Waals surface area (Å²) in [6.07, 6.45) is 27.5. The summed E-state index contributed by atoms with van der Waals surface area (Å²) in [6.45, 7) is 2.28. The number of benzene rings is 1. The third-order valence-corrected chi connectivity index (χ3v) is 7.20. The van der Waals surface area contributed by atoms with Crippen LogP contribution in [0.15, 0.2) is 54.9 Å². The van der Waals surface area contributed by atoms with Crippen molar-refractivity contribution in [2.75, 3.05) is 0 Å². The average Bonchev–Trinajstić information content (AvgIpc) is 2.88. The lowest BCUT2D eigenvalue weighted by atomic mass is 9.91. The van der Waals surface area contributed by atoms with Crippen molar-refractivity contribution in [1.82, 2.24) is 0 Å². The monoisotopic (exact) mass is 480 g/mol. The quantitative estimate of drug-likeness (QED) is 0.143. The molecular weight excluding hydrogens is 430 g/mol. The van der Waals surface area contributed by atoms with Gasteiger partial charge in [0.25, 0.3) is 0 Å². The molecule has 1 N–H and O–H groups in total. The Morgan fingerprint density at radius 2 is 1.11 bits per heavy atom. The van der Waals surface area contributed by atoms with E-state index in [1.165, 1.54) is 96.3 Å². The van der Waals surface area contributed by atoms with Crippen LogP contribution in [0.4, 0.5) is 0 Å². The Morgan fingerprint density at radius 1 is 0.657 bits per heavy atom. The van der Waals surface area contributed by atoms with E-state index < -0.39 is 11.9 Å². The van der Waals surface area contributed by atoms with Gasteiger partial charge in [0.2, 0.25) is 5.69 Å². The van der Waals surface area contributed by atoms with Crippen LogP contribution in [-0.4, -0.2) is 11.1 Å². The number of aliphatic carboxylic acids is 1. The number of rotatable bonds is 21. The van der Waals surface area contributed by atoms with Crippen molar-refractivity contribution in [2.24, 2.45) is 0 Å². The number of carboxylic acid groups (broad SMARTS) is 1. The number of hydrogen-bond acceptors (Lipinski definition) is 1. The summed E-state index contributed by atoms with van der Waals surface area (Å²) in [5, 5.41) is 9.92. The molecule has 1 aromatic carbocycles. The first-order valence-electron chi connectivity index (χ1n) is 14.5. The Hall–Kier alpha value is -2.16. The van der Waals surface area contributed by atoms with Crippen LogP contribution < -0.4 is 4.57 Å². The maximum absolute atomic E-state index is 12.1. The third kappa shape index (κ3) is 12.4. The van der Waals surface area contributed by atoms with Gasteiger partial charge in [-0.25, -0.2) is 0 Å². The first-order chi connectivity index (χ1) is 17.2. The number of nitrogens with zero attached hydrogens (tertiary/aromatic N) is 1. The van der Waals surface area contributed by atoms with E-state index in [2.05, 4.69) is 6.92 Å². The van der Waals surface area contributed by atoms with Gasteiger partial charge in [-0.2, -0.15) is 4.57 Å². The Labute approximate surface area is 215 Å². The number of aromatic nitrogens is 1. The van der Waals surface area contributed by atoms with Gasteiger partial charge in [-0.3, -0.25) is 4.79 Å². The molecule has 1 unspecified atom stereocenters. The van der Waals surface area contributed by atoms with Crippen molar-refractivity contribution in [3.05, 3.63) is 60.4 Å². The SMILES string of the molecule is CCCCCCCCCCCCCCCCCCCC(C(=O)O)c1ccccc1-[n+]1ccccc1. The largest absolute Gasteiger partial charge is 0.481 e. The van der Waals surface area contributed by atoms with Gasteiger partial charge >= 0.3 is 5.97 Å². The van der Waals surface area contributed by atoms with Crippen LogP contribution >= 0.6 is 0 Å². The molecule has 0 aliphatic heterocycles. The molecule has 0 amide bonds. The van der Waals surface area contributed by atoms with Crippen LogP contribution in [-0.2, 0) is 4.79 Å². The van der Waals surface area contributed by atoms with Gasteiger partial charge in [-0.05, 0) is 6.42 Å². The lowest BCUT2D eigenvalue weighted by molar-refractivity contribution is -0.596. The molecular formula is C32H50NO2+. The van der Waals surface area contributed by atoms with Crippen molar-refractivity contribution >= 4 is 5.97 Å². The van der Waals surface area contributed by atoms with Gasteiger partial charge in [0.05, 0.1) is 5.92 Å². The maximum atomic E-state index is 12.1. The van der Waals surface area contributed by atoms with Gasteiger partial charge < -0.3 is 5.11 Å². The Bertz CT molecular complexity index is 789. The van der Waals surface area contributed by atoms with Gasteiger partial charge in [-0.1, -0.05) is 140 Å². The summed E-state index contributed by atoms with van der Waals surface area (Å²) in [7, 11) is 0. The second-order valence-corrected chi connectivity index (χ2v) is 10.2. The first-order valence-corrected chi connectivity index (χ1v) is 14.5. The molecule has 194 valence electrons. The zero-order valence-corrected chi connectivity index (χ0v) is 22.3. The summed E-state index contributed by atoms with van der Waals surface area (Å²) in [5.41, 5.74) is 1.88. The number of para-hydroxylation sites is 1. The van der Waals surface area contributed by atoms with Crippen molar-refractivity contribution < 1.29 is 14.5 Å². The minimum Gasteiger partial charge on any atom is -0.481 e. The fraction of sp³-hybridized carbons (Fsp3) is 0.625. The van der Waals surface area contributed by atoms with E-state index in [4.69, 9.17) is 0 Å². The van der Waals surface area contributed by atoms with Crippen LogP contribution in [0, 0.1) is 0 Å². The molecule has 0 aliphatic rings. The summed E-state index contributed by atoms with van der Waals surface area (Å²) in [4.78, 5) is 12.1. The van der Waals surface area contributed by atoms with Crippen LogP contribution in [0.3, 0.4) is 0 Å². The van der Waals surface area contributed by atoms with E-state index in [1.807, 2.05) is 59.4 Å². The molecule has 2 rings (SSSR count). The highest BCUT2D eigenvalue weighted by atomic mass is 16.4. The molecule has 0 saturated heterocycles. The van der Waals surface area contributed by atoms with Gasteiger partial charge in [0.15, 0.2) is 12.4 Å². The summed E-state index contributed by atoms with van der Waals surface area (Å²) < 4.78 is 2.01. The van der Waals surface area contributed by atoms with Crippen LogP contribution in [0.25, 0.3) is 5.69 Å². The van der Waals surface area contributed by atoms with Crippen molar-refractivity contribution in [1.29, 1.82) is 0 Å². The molecule has 0 saturated carbocycles. The highest BCUT2D eigenvalue weighted by Gasteiger charge is 2.25. The molecule has 0 aliphatic carbocycles. The van der Waals surface area contributed by atoms with E-state index in [0.29, 0.717) is 6.42 Å². The standard InChI is InChI=1S/C32H49NO2/c1-2-3-4-5-6-7-8-9-10-11-12-13-14-15-16-17-19-25-30(32(34)35)29-24-20-21-26-31(29)33-27-22-18-23-28-33/h18,20-24,26-28,30H,2-17,19,25H2,1H3/p+1. The lowest BCUT2D eigenvalue weighted by Crippen LogP contribution is -2.32. The third-order valence-electron chi connectivity index (χ3n) is 7.20. The molecule has 0 spiro atoms. The molecule has 0 radical (unpaired) electrons. The second kappa shape index (κ2) is 19.1. The predicted molar refractivity (Wildman–Crippen MR) is 147 cm³/mol. The van der Waals surface area contributed by atoms with E-state index in [9.17, 15) is 9.90 Å². The van der Waals surface area contributed by atoms with Crippen LogP contribution in [0.2, 0.25) is 0 Å². The fourth-order valence-electron chi connectivity index (χ4n) is 5.06. The second-order valence-electron chi connectivity index (χ2n) is 10.2. The molecule has 0 fully saturated rings. The lowest BCUT2D eigenvalue weighted by Gasteiger charge is -2.14. The smallest absolute Gasteiger partial charge is 0.311 e. The first kappa shape index (κ1) is 29.1. The number of carbonyl (C=O) groups is 1. The Morgan fingerprint density at radius 3 is 1.60 bits per heavy atom. The van der Waals surface area contributed by atoms with E-state index in [0.717, 1.165) is 24.1 Å². The zero-order valence-electron chi connectivity index (χ0n) is 22.3. The van der Waals surface area contributed by atoms with Gasteiger partial charge in [-0.15, -0.1) is 0 Å². The van der Waals surface area contributed by atoms with Crippen molar-refractivity contribution in [3.63, 3.8) is 0 Å². The Kier molecular flexibility index (Phi) is 15.8. The highest BCUT2D eigenvalue weighted by molar-refractivity contribution is 5.77.